The van der Waals surface area contributed by atoms with Gasteiger partial charge in [0, 0.05) is 18.7 Å². The Hall–Kier alpha value is -1.79. The summed E-state index contributed by atoms with van der Waals surface area (Å²) in [6.07, 6.45) is 2.28. The number of hydrogen-bond acceptors (Lipinski definition) is 4. The molecule has 0 bridgehead atoms. The monoisotopic (exact) mass is 310 g/mol. The number of hydrogen-bond donors (Lipinski definition) is 3. The van der Waals surface area contributed by atoms with Crippen LogP contribution in [-0.4, -0.2) is 35.2 Å². The molecule has 1 amide bonds. The fourth-order valence-electron chi connectivity index (χ4n) is 2.38. The Kier molecular flexibility index (Phi) is 5.03. The number of carbonyl (C=O) groups is 1. The molecule has 114 valence electrons. The van der Waals surface area contributed by atoms with Crippen molar-refractivity contribution in [2.24, 2.45) is 0 Å². The van der Waals surface area contributed by atoms with E-state index >= 15 is 0 Å². The zero-order chi connectivity index (χ0) is 13.9. The highest BCUT2D eigenvalue weighted by Gasteiger charge is 2.17. The predicted molar refractivity (Wildman–Crippen MR) is 81.6 cm³/mol. The molecule has 1 aliphatic heterocycles. The number of nitrogens with one attached hydrogen (secondary N) is 3. The normalized spacial score (nSPS) is 17.5. The summed E-state index contributed by atoms with van der Waals surface area (Å²) < 4.78 is 5.49. The van der Waals surface area contributed by atoms with Crippen LogP contribution in [0.25, 0.3) is 11.5 Å². The van der Waals surface area contributed by atoms with Crippen LogP contribution in [-0.2, 0) is 0 Å². The standard InChI is InChI=1S/C14H18N4O2.ClH/c1-9-4-5-13(20-9)11-7-12(18-17-11)14(19)16-8-10-3-2-6-15-10;/h4-5,7,10,15H,2-3,6,8H2,1H3,(H,16,19)(H,17,18);1H. The second-order valence-corrected chi connectivity index (χ2v) is 5.08. The molecule has 2 aromatic rings. The first kappa shape index (κ1) is 15.6. The van der Waals surface area contributed by atoms with Gasteiger partial charge in [-0.3, -0.25) is 9.89 Å². The zero-order valence-corrected chi connectivity index (χ0v) is 12.6. The maximum Gasteiger partial charge on any atom is 0.271 e. The van der Waals surface area contributed by atoms with Gasteiger partial charge in [0.15, 0.2) is 11.5 Å². The number of halogens is 1. The number of carbonyl (C=O) groups excluding carboxylic acids is 1. The summed E-state index contributed by atoms with van der Waals surface area (Å²) in [4.78, 5) is 12.0. The molecular formula is C14H19ClN4O2. The SMILES string of the molecule is Cc1ccc(-c2cc(C(=O)NCC3CCCN3)n[nH]2)o1.Cl. The number of aryl methyl sites for hydroxylation is 1. The van der Waals surface area contributed by atoms with Crippen molar-refractivity contribution in [1.29, 1.82) is 0 Å². The lowest BCUT2D eigenvalue weighted by molar-refractivity contribution is 0.0945. The van der Waals surface area contributed by atoms with Crippen LogP contribution < -0.4 is 10.6 Å². The van der Waals surface area contributed by atoms with E-state index in [1.165, 1.54) is 6.42 Å². The smallest absolute Gasteiger partial charge is 0.271 e. The molecular weight excluding hydrogens is 292 g/mol. The molecule has 7 heteroatoms. The van der Waals surface area contributed by atoms with Crippen molar-refractivity contribution in [3.8, 4) is 11.5 Å². The molecule has 0 spiro atoms. The van der Waals surface area contributed by atoms with Gasteiger partial charge in [-0.25, -0.2) is 0 Å². The Morgan fingerprint density at radius 1 is 1.52 bits per heavy atom. The molecule has 3 heterocycles. The summed E-state index contributed by atoms with van der Waals surface area (Å²) >= 11 is 0. The molecule has 1 aliphatic rings. The fraction of sp³-hybridized carbons (Fsp3) is 0.429. The Morgan fingerprint density at radius 3 is 3.05 bits per heavy atom. The third-order valence-electron chi connectivity index (χ3n) is 3.49. The van der Waals surface area contributed by atoms with Crippen molar-refractivity contribution in [2.75, 3.05) is 13.1 Å². The minimum atomic E-state index is -0.163. The molecule has 1 unspecified atom stereocenters. The number of rotatable bonds is 4. The van der Waals surface area contributed by atoms with Gasteiger partial charge in [0.2, 0.25) is 0 Å². The van der Waals surface area contributed by atoms with Gasteiger partial charge in [-0.1, -0.05) is 0 Å². The van der Waals surface area contributed by atoms with E-state index in [9.17, 15) is 4.79 Å². The topological polar surface area (TPSA) is 83.0 Å². The van der Waals surface area contributed by atoms with Crippen molar-refractivity contribution in [3.63, 3.8) is 0 Å². The van der Waals surface area contributed by atoms with E-state index in [2.05, 4.69) is 20.8 Å². The van der Waals surface area contributed by atoms with Crippen molar-refractivity contribution >= 4 is 18.3 Å². The van der Waals surface area contributed by atoms with Crippen LogP contribution in [0.15, 0.2) is 22.6 Å². The third kappa shape index (κ3) is 3.65. The van der Waals surface area contributed by atoms with Gasteiger partial charge >= 0.3 is 0 Å². The van der Waals surface area contributed by atoms with Crippen molar-refractivity contribution in [2.45, 2.75) is 25.8 Å². The van der Waals surface area contributed by atoms with E-state index < -0.39 is 0 Å². The summed E-state index contributed by atoms with van der Waals surface area (Å²) in [6.45, 7) is 3.55. The van der Waals surface area contributed by atoms with Crippen LogP contribution in [0, 0.1) is 6.92 Å². The fourth-order valence-corrected chi connectivity index (χ4v) is 2.38. The van der Waals surface area contributed by atoms with Crippen LogP contribution in [0.5, 0.6) is 0 Å². The van der Waals surface area contributed by atoms with E-state index in [0.29, 0.717) is 29.7 Å². The molecule has 0 aromatic carbocycles. The van der Waals surface area contributed by atoms with Gasteiger partial charge in [-0.05, 0) is 38.4 Å². The number of amides is 1. The van der Waals surface area contributed by atoms with Gasteiger partial charge in [-0.2, -0.15) is 5.10 Å². The minimum Gasteiger partial charge on any atom is -0.460 e. The van der Waals surface area contributed by atoms with E-state index in [0.717, 1.165) is 18.7 Å². The second kappa shape index (κ2) is 6.78. The summed E-state index contributed by atoms with van der Waals surface area (Å²) in [7, 11) is 0. The van der Waals surface area contributed by atoms with E-state index in [1.807, 2.05) is 19.1 Å². The van der Waals surface area contributed by atoms with Crippen LogP contribution in [0.4, 0.5) is 0 Å². The zero-order valence-electron chi connectivity index (χ0n) is 11.8. The molecule has 3 N–H and O–H groups in total. The quantitative estimate of drug-likeness (QED) is 0.805. The molecule has 6 nitrogen and oxygen atoms in total. The van der Waals surface area contributed by atoms with Crippen LogP contribution in [0.2, 0.25) is 0 Å². The highest BCUT2D eigenvalue weighted by atomic mass is 35.5. The maximum absolute atomic E-state index is 12.0. The highest BCUT2D eigenvalue weighted by Crippen LogP contribution is 2.20. The Bertz CT molecular complexity index is 602. The third-order valence-corrected chi connectivity index (χ3v) is 3.49. The predicted octanol–water partition coefficient (Wildman–Crippen LogP) is 1.88. The molecule has 0 saturated carbocycles. The van der Waals surface area contributed by atoms with Crippen LogP contribution in [0.1, 0.15) is 29.1 Å². The number of aromatic amines is 1. The molecule has 3 rings (SSSR count). The molecule has 0 radical (unpaired) electrons. The Morgan fingerprint density at radius 2 is 2.38 bits per heavy atom. The van der Waals surface area contributed by atoms with Gasteiger partial charge < -0.3 is 15.1 Å². The number of H-pyrrole nitrogens is 1. The summed E-state index contributed by atoms with van der Waals surface area (Å²) in [5, 5.41) is 13.1. The maximum atomic E-state index is 12.0. The average molecular weight is 311 g/mol. The van der Waals surface area contributed by atoms with Crippen LogP contribution >= 0.6 is 12.4 Å². The van der Waals surface area contributed by atoms with Crippen molar-refractivity contribution in [3.05, 3.63) is 29.7 Å². The van der Waals surface area contributed by atoms with Gasteiger partial charge in [-0.15, -0.1) is 12.4 Å². The first-order chi connectivity index (χ1) is 9.72. The van der Waals surface area contributed by atoms with Crippen LogP contribution in [0.3, 0.4) is 0 Å². The first-order valence-corrected chi connectivity index (χ1v) is 6.86. The molecule has 1 saturated heterocycles. The molecule has 21 heavy (non-hydrogen) atoms. The average Bonchev–Trinajstić information content (AvgIpc) is 3.16. The second-order valence-electron chi connectivity index (χ2n) is 5.08. The van der Waals surface area contributed by atoms with Crippen molar-refractivity contribution in [1.82, 2.24) is 20.8 Å². The van der Waals surface area contributed by atoms with Gasteiger partial charge in [0.25, 0.3) is 5.91 Å². The highest BCUT2D eigenvalue weighted by molar-refractivity contribution is 5.93. The van der Waals surface area contributed by atoms with E-state index in [4.69, 9.17) is 4.42 Å². The molecule has 0 aliphatic carbocycles. The largest absolute Gasteiger partial charge is 0.460 e. The Balaban J connectivity index is 0.00000161. The molecule has 1 fully saturated rings. The summed E-state index contributed by atoms with van der Waals surface area (Å²) in [5.74, 6) is 1.35. The number of nitrogens with zero attached hydrogens (tertiary/aromatic N) is 1. The Labute approximate surface area is 129 Å². The number of aromatic nitrogens is 2. The summed E-state index contributed by atoms with van der Waals surface area (Å²) in [5.41, 5.74) is 1.09. The van der Waals surface area contributed by atoms with Crippen molar-refractivity contribution < 1.29 is 9.21 Å². The van der Waals surface area contributed by atoms with E-state index in [1.54, 1.807) is 6.07 Å². The first-order valence-electron chi connectivity index (χ1n) is 6.86. The van der Waals surface area contributed by atoms with Gasteiger partial charge in [0.1, 0.15) is 11.5 Å². The lowest BCUT2D eigenvalue weighted by Crippen LogP contribution is -2.37. The number of furan rings is 1. The van der Waals surface area contributed by atoms with E-state index in [-0.39, 0.29) is 18.3 Å². The lowest BCUT2D eigenvalue weighted by atomic mass is 10.2. The molecule has 1 atom stereocenters. The lowest BCUT2D eigenvalue weighted by Gasteiger charge is -2.10. The summed E-state index contributed by atoms with van der Waals surface area (Å²) in [6, 6.07) is 5.81. The minimum absolute atomic E-state index is 0. The van der Waals surface area contributed by atoms with Gasteiger partial charge in [0.05, 0.1) is 0 Å². The molecule has 2 aromatic heterocycles.